The monoisotopic (exact) mass is 180 g/mol. The molecule has 0 heterocycles. The second-order valence-corrected chi connectivity index (χ2v) is 2.42. The van der Waals surface area contributed by atoms with Crippen molar-refractivity contribution < 1.29 is 9.18 Å². The first-order chi connectivity index (χ1) is 6.13. The van der Waals surface area contributed by atoms with Crippen LogP contribution in [0.5, 0.6) is 0 Å². The molecule has 3 nitrogen and oxygen atoms in total. The van der Waals surface area contributed by atoms with Gasteiger partial charge in [-0.1, -0.05) is 6.58 Å². The van der Waals surface area contributed by atoms with Gasteiger partial charge in [0.1, 0.15) is 5.82 Å². The van der Waals surface area contributed by atoms with Gasteiger partial charge >= 0.3 is 0 Å². The molecule has 0 unspecified atom stereocenters. The summed E-state index contributed by atoms with van der Waals surface area (Å²) in [4.78, 5) is 10.8. The lowest BCUT2D eigenvalue weighted by molar-refractivity contribution is -0.111. The number of hydrogen-bond donors (Lipinski definition) is 2. The molecule has 0 aromatic heterocycles. The second-order valence-electron chi connectivity index (χ2n) is 2.42. The summed E-state index contributed by atoms with van der Waals surface area (Å²) < 4.78 is 12.6. The largest absolute Gasteiger partial charge is 0.397 e. The zero-order valence-corrected chi connectivity index (χ0v) is 6.88. The highest BCUT2D eigenvalue weighted by molar-refractivity contribution is 6.00. The fourth-order valence-corrected chi connectivity index (χ4v) is 0.831. The van der Waals surface area contributed by atoms with Gasteiger partial charge in [-0.3, -0.25) is 4.79 Å². The number of anilines is 2. The lowest BCUT2D eigenvalue weighted by Crippen LogP contribution is -2.09. The van der Waals surface area contributed by atoms with Crippen LogP contribution in [-0.2, 0) is 4.79 Å². The molecule has 1 aromatic carbocycles. The number of halogens is 1. The summed E-state index contributed by atoms with van der Waals surface area (Å²) in [6.45, 7) is 3.28. The average Bonchev–Trinajstić information content (AvgIpc) is 2.09. The molecule has 0 saturated heterocycles. The zero-order valence-electron chi connectivity index (χ0n) is 6.88. The third kappa shape index (κ3) is 2.30. The predicted octanol–water partition coefficient (Wildman–Crippen LogP) is 1.53. The molecule has 0 aliphatic rings. The molecule has 0 atom stereocenters. The van der Waals surface area contributed by atoms with E-state index >= 15 is 0 Å². The lowest BCUT2D eigenvalue weighted by atomic mass is 10.2. The van der Waals surface area contributed by atoms with Gasteiger partial charge in [0.15, 0.2) is 0 Å². The standard InChI is InChI=1S/C9H9FN2O/c1-2-9(13)12-8-4-3-6(10)5-7(8)11/h2-5H,1,11H2,(H,12,13). The van der Waals surface area contributed by atoms with Crippen LogP contribution in [-0.4, -0.2) is 5.91 Å². The summed E-state index contributed by atoms with van der Waals surface area (Å²) in [5.74, 6) is -0.813. The van der Waals surface area contributed by atoms with Crippen molar-refractivity contribution in [3.63, 3.8) is 0 Å². The number of hydrogen-bond acceptors (Lipinski definition) is 2. The number of nitrogen functional groups attached to an aromatic ring is 1. The third-order valence-electron chi connectivity index (χ3n) is 1.46. The second kappa shape index (κ2) is 3.71. The van der Waals surface area contributed by atoms with Gasteiger partial charge in [0.25, 0.3) is 0 Å². The first-order valence-electron chi connectivity index (χ1n) is 3.62. The molecular formula is C9H9FN2O. The Bertz CT molecular complexity index is 349. The van der Waals surface area contributed by atoms with Crippen LogP contribution in [0.3, 0.4) is 0 Å². The van der Waals surface area contributed by atoms with E-state index in [0.29, 0.717) is 5.69 Å². The average molecular weight is 180 g/mol. The summed E-state index contributed by atoms with van der Waals surface area (Å²) in [5.41, 5.74) is 6.01. The van der Waals surface area contributed by atoms with E-state index in [2.05, 4.69) is 11.9 Å². The minimum absolute atomic E-state index is 0.190. The van der Waals surface area contributed by atoms with Crippen LogP contribution in [0.1, 0.15) is 0 Å². The Morgan fingerprint density at radius 1 is 1.62 bits per heavy atom. The van der Waals surface area contributed by atoms with Crippen LogP contribution in [0.15, 0.2) is 30.9 Å². The Balaban J connectivity index is 2.89. The molecular weight excluding hydrogens is 171 g/mol. The number of rotatable bonds is 2. The smallest absolute Gasteiger partial charge is 0.247 e. The zero-order chi connectivity index (χ0) is 9.84. The maximum Gasteiger partial charge on any atom is 0.247 e. The normalized spacial score (nSPS) is 9.31. The molecule has 13 heavy (non-hydrogen) atoms. The van der Waals surface area contributed by atoms with Crippen LogP contribution >= 0.6 is 0 Å². The van der Waals surface area contributed by atoms with E-state index in [1.54, 1.807) is 0 Å². The number of carbonyl (C=O) groups is 1. The van der Waals surface area contributed by atoms with Crippen molar-refractivity contribution in [2.24, 2.45) is 0 Å². The van der Waals surface area contributed by atoms with E-state index in [9.17, 15) is 9.18 Å². The molecule has 0 spiro atoms. The highest BCUT2D eigenvalue weighted by atomic mass is 19.1. The minimum Gasteiger partial charge on any atom is -0.397 e. The molecule has 1 amide bonds. The Kier molecular flexibility index (Phi) is 2.64. The number of amides is 1. The van der Waals surface area contributed by atoms with Crippen LogP contribution < -0.4 is 11.1 Å². The van der Waals surface area contributed by atoms with Crippen LogP contribution in [0, 0.1) is 5.82 Å². The van der Waals surface area contributed by atoms with Crippen molar-refractivity contribution in [1.29, 1.82) is 0 Å². The minimum atomic E-state index is -0.436. The molecule has 0 saturated carbocycles. The summed E-state index contributed by atoms with van der Waals surface area (Å²) in [7, 11) is 0. The quantitative estimate of drug-likeness (QED) is 0.535. The molecule has 1 aromatic rings. The lowest BCUT2D eigenvalue weighted by Gasteiger charge is -2.05. The van der Waals surface area contributed by atoms with Crippen molar-refractivity contribution in [1.82, 2.24) is 0 Å². The van der Waals surface area contributed by atoms with E-state index in [1.807, 2.05) is 0 Å². The van der Waals surface area contributed by atoms with Crippen molar-refractivity contribution in [2.75, 3.05) is 11.1 Å². The van der Waals surface area contributed by atoms with Crippen molar-refractivity contribution >= 4 is 17.3 Å². The van der Waals surface area contributed by atoms with Gasteiger partial charge in [-0.15, -0.1) is 0 Å². The van der Waals surface area contributed by atoms with Gasteiger partial charge in [-0.2, -0.15) is 0 Å². The van der Waals surface area contributed by atoms with E-state index in [0.717, 1.165) is 12.1 Å². The number of benzene rings is 1. The first kappa shape index (κ1) is 9.25. The Labute approximate surface area is 75.1 Å². The van der Waals surface area contributed by atoms with Crippen LogP contribution in [0.25, 0.3) is 0 Å². The molecule has 0 aliphatic carbocycles. The number of carbonyl (C=O) groups excluding carboxylic acids is 1. The fourth-order valence-electron chi connectivity index (χ4n) is 0.831. The SMILES string of the molecule is C=CC(=O)Nc1ccc(F)cc1N. The molecule has 0 bridgehead atoms. The Morgan fingerprint density at radius 2 is 2.31 bits per heavy atom. The van der Waals surface area contributed by atoms with Crippen molar-refractivity contribution in [3.05, 3.63) is 36.7 Å². The van der Waals surface area contributed by atoms with Gasteiger partial charge in [0.2, 0.25) is 5.91 Å². The molecule has 0 fully saturated rings. The highest BCUT2D eigenvalue weighted by Crippen LogP contribution is 2.18. The summed E-state index contributed by atoms with van der Waals surface area (Å²) in [5, 5.41) is 2.44. The Hall–Kier alpha value is -1.84. The van der Waals surface area contributed by atoms with Crippen LogP contribution in [0.4, 0.5) is 15.8 Å². The third-order valence-corrected chi connectivity index (χ3v) is 1.46. The molecule has 0 aliphatic heterocycles. The van der Waals surface area contributed by atoms with Gasteiger partial charge in [-0.25, -0.2) is 4.39 Å². The summed E-state index contributed by atoms with van der Waals surface area (Å²) in [6.07, 6.45) is 1.11. The molecule has 1 rings (SSSR count). The van der Waals surface area contributed by atoms with Crippen molar-refractivity contribution in [2.45, 2.75) is 0 Å². The topological polar surface area (TPSA) is 55.1 Å². The number of nitrogens with one attached hydrogen (secondary N) is 1. The first-order valence-corrected chi connectivity index (χ1v) is 3.62. The van der Waals surface area contributed by atoms with Gasteiger partial charge in [-0.05, 0) is 24.3 Å². The van der Waals surface area contributed by atoms with Gasteiger partial charge in [0, 0.05) is 0 Å². The van der Waals surface area contributed by atoms with E-state index in [1.165, 1.54) is 12.1 Å². The maximum absolute atomic E-state index is 12.6. The molecule has 0 radical (unpaired) electrons. The van der Waals surface area contributed by atoms with Crippen LogP contribution in [0.2, 0.25) is 0 Å². The predicted molar refractivity (Wildman–Crippen MR) is 49.6 cm³/mol. The fraction of sp³-hybridized carbons (Fsp3) is 0. The van der Waals surface area contributed by atoms with E-state index in [-0.39, 0.29) is 11.6 Å². The molecule has 4 heteroatoms. The molecule has 3 N–H and O–H groups in total. The molecule has 68 valence electrons. The Morgan fingerprint density at radius 3 is 2.85 bits per heavy atom. The summed E-state index contributed by atoms with van der Waals surface area (Å²) in [6, 6.07) is 3.75. The maximum atomic E-state index is 12.6. The van der Waals surface area contributed by atoms with Gasteiger partial charge < -0.3 is 11.1 Å². The van der Waals surface area contributed by atoms with E-state index in [4.69, 9.17) is 5.73 Å². The number of nitrogens with two attached hydrogens (primary N) is 1. The van der Waals surface area contributed by atoms with Gasteiger partial charge in [0.05, 0.1) is 11.4 Å². The van der Waals surface area contributed by atoms with Crippen molar-refractivity contribution in [3.8, 4) is 0 Å². The summed E-state index contributed by atoms with van der Waals surface area (Å²) >= 11 is 0. The van der Waals surface area contributed by atoms with E-state index < -0.39 is 5.82 Å². The highest BCUT2D eigenvalue weighted by Gasteiger charge is 2.02.